The van der Waals surface area contributed by atoms with Crippen LogP contribution < -0.4 is 10.1 Å². The number of rotatable bonds is 7. The third-order valence-electron chi connectivity index (χ3n) is 2.26. The number of nitrogens with zero attached hydrogens (tertiary/aromatic N) is 1. The van der Waals surface area contributed by atoms with E-state index in [0.717, 1.165) is 13.0 Å². The van der Waals surface area contributed by atoms with E-state index in [2.05, 4.69) is 35.1 Å². The second-order valence-electron chi connectivity index (χ2n) is 4.16. The van der Waals surface area contributed by atoms with Gasteiger partial charge in [-0.25, -0.2) is 0 Å². The first-order valence-corrected chi connectivity index (χ1v) is 6.60. The Hall–Kier alpha value is -1.14. The lowest BCUT2D eigenvalue weighted by Crippen LogP contribution is -2.24. The maximum absolute atomic E-state index is 10.8. The van der Waals surface area contributed by atoms with Gasteiger partial charge in [0.2, 0.25) is 5.75 Å². The van der Waals surface area contributed by atoms with E-state index in [9.17, 15) is 10.1 Å². The zero-order chi connectivity index (χ0) is 13.5. The van der Waals surface area contributed by atoms with Crippen LogP contribution in [-0.4, -0.2) is 24.1 Å². The number of nitro benzene ring substituents is 1. The van der Waals surface area contributed by atoms with Crippen molar-refractivity contribution in [3.63, 3.8) is 0 Å². The molecule has 0 heterocycles. The highest BCUT2D eigenvalue weighted by molar-refractivity contribution is 9.10. The highest BCUT2D eigenvalue weighted by atomic mass is 79.9. The second-order valence-corrected chi connectivity index (χ2v) is 5.01. The minimum absolute atomic E-state index is 0.0128. The molecule has 0 bridgehead atoms. The average molecular weight is 317 g/mol. The predicted molar refractivity (Wildman–Crippen MR) is 74.0 cm³/mol. The molecule has 0 aliphatic carbocycles. The normalized spacial score (nSPS) is 10.7. The number of hydrogen-bond donors (Lipinski definition) is 1. The summed E-state index contributed by atoms with van der Waals surface area (Å²) in [5.74, 6) is 0.298. The van der Waals surface area contributed by atoms with Gasteiger partial charge in [-0.2, -0.15) is 0 Å². The van der Waals surface area contributed by atoms with Gasteiger partial charge in [-0.05, 0) is 35.0 Å². The first-order valence-electron chi connectivity index (χ1n) is 5.81. The molecule has 0 spiro atoms. The summed E-state index contributed by atoms with van der Waals surface area (Å²) in [6.07, 6.45) is 0.802. The molecule has 100 valence electrons. The summed E-state index contributed by atoms with van der Waals surface area (Å²) in [6.45, 7) is 5.41. The fraction of sp³-hybridized carbons (Fsp3) is 0.500. The summed E-state index contributed by atoms with van der Waals surface area (Å²) in [5.41, 5.74) is -0.0128. The molecule has 0 aliphatic rings. The third-order valence-corrected chi connectivity index (χ3v) is 2.89. The molecule has 1 aromatic rings. The molecule has 1 N–H and O–H groups in total. The van der Waals surface area contributed by atoms with E-state index >= 15 is 0 Å². The highest BCUT2D eigenvalue weighted by Gasteiger charge is 2.17. The first kappa shape index (κ1) is 14.9. The van der Waals surface area contributed by atoms with Gasteiger partial charge in [0, 0.05) is 12.1 Å². The molecular weight excluding hydrogens is 300 g/mol. The van der Waals surface area contributed by atoms with Gasteiger partial charge < -0.3 is 10.1 Å². The van der Waals surface area contributed by atoms with Gasteiger partial charge in [0.1, 0.15) is 0 Å². The van der Waals surface area contributed by atoms with Gasteiger partial charge >= 0.3 is 5.69 Å². The van der Waals surface area contributed by atoms with Crippen LogP contribution in [0.4, 0.5) is 5.69 Å². The van der Waals surface area contributed by atoms with Crippen LogP contribution in [0.2, 0.25) is 0 Å². The molecule has 0 unspecified atom stereocenters. The SMILES string of the molecule is CC(C)NCCCOc1c(Br)cccc1[N+](=O)[O-]. The molecule has 0 aliphatic heterocycles. The number of hydrogen-bond acceptors (Lipinski definition) is 4. The summed E-state index contributed by atoms with van der Waals surface area (Å²) >= 11 is 3.26. The van der Waals surface area contributed by atoms with Crippen LogP contribution in [-0.2, 0) is 0 Å². The van der Waals surface area contributed by atoms with Crippen LogP contribution in [0.15, 0.2) is 22.7 Å². The molecule has 0 radical (unpaired) electrons. The van der Waals surface area contributed by atoms with Gasteiger partial charge in [0.25, 0.3) is 0 Å². The number of nitro groups is 1. The zero-order valence-electron chi connectivity index (χ0n) is 10.5. The lowest BCUT2D eigenvalue weighted by molar-refractivity contribution is -0.386. The van der Waals surface area contributed by atoms with E-state index in [1.807, 2.05) is 0 Å². The van der Waals surface area contributed by atoms with E-state index in [1.165, 1.54) is 6.07 Å². The number of ether oxygens (including phenoxy) is 1. The summed E-state index contributed by atoms with van der Waals surface area (Å²) in [4.78, 5) is 10.4. The van der Waals surface area contributed by atoms with Crippen LogP contribution in [0, 0.1) is 10.1 Å². The molecule has 0 saturated carbocycles. The number of nitrogens with one attached hydrogen (secondary N) is 1. The largest absolute Gasteiger partial charge is 0.486 e. The van der Waals surface area contributed by atoms with Crippen LogP contribution in [0.1, 0.15) is 20.3 Å². The summed E-state index contributed by atoms with van der Waals surface area (Å²) in [6, 6.07) is 5.22. The lowest BCUT2D eigenvalue weighted by atomic mass is 10.3. The minimum Gasteiger partial charge on any atom is -0.486 e. The second kappa shape index (κ2) is 7.33. The van der Waals surface area contributed by atoms with Crippen molar-refractivity contribution >= 4 is 21.6 Å². The zero-order valence-corrected chi connectivity index (χ0v) is 12.1. The Balaban J connectivity index is 2.53. The topological polar surface area (TPSA) is 64.4 Å². The summed E-state index contributed by atoms with van der Waals surface area (Å²) in [7, 11) is 0. The van der Waals surface area contributed by atoms with Gasteiger partial charge in [-0.1, -0.05) is 19.9 Å². The van der Waals surface area contributed by atoms with Crippen LogP contribution in [0.25, 0.3) is 0 Å². The van der Waals surface area contributed by atoms with Crippen molar-refractivity contribution in [2.24, 2.45) is 0 Å². The Bertz CT molecular complexity index is 410. The monoisotopic (exact) mass is 316 g/mol. The highest BCUT2D eigenvalue weighted by Crippen LogP contribution is 2.34. The Morgan fingerprint density at radius 1 is 1.50 bits per heavy atom. The quantitative estimate of drug-likeness (QED) is 0.477. The molecule has 18 heavy (non-hydrogen) atoms. The summed E-state index contributed by atoms with van der Waals surface area (Å²) < 4.78 is 6.09. The van der Waals surface area contributed by atoms with Crippen molar-refractivity contribution in [1.29, 1.82) is 0 Å². The molecule has 0 saturated heterocycles. The Morgan fingerprint density at radius 2 is 2.22 bits per heavy atom. The smallest absolute Gasteiger partial charge is 0.312 e. The molecule has 5 nitrogen and oxygen atoms in total. The minimum atomic E-state index is -0.438. The third kappa shape index (κ3) is 4.62. The molecule has 6 heteroatoms. The number of benzene rings is 1. The summed E-state index contributed by atoms with van der Waals surface area (Å²) in [5, 5.41) is 14.1. The van der Waals surface area contributed by atoms with Crippen molar-refractivity contribution in [3.8, 4) is 5.75 Å². The molecule has 0 aromatic heterocycles. The van der Waals surface area contributed by atoms with Crippen LogP contribution >= 0.6 is 15.9 Å². The molecular formula is C12H17BrN2O3. The van der Waals surface area contributed by atoms with Gasteiger partial charge in [-0.3, -0.25) is 10.1 Å². The standard InChI is InChI=1S/C12H17BrN2O3/c1-9(2)14-7-4-8-18-12-10(13)5-3-6-11(12)15(16)17/h3,5-6,9,14H,4,7-8H2,1-2H3. The van der Waals surface area contributed by atoms with E-state index in [-0.39, 0.29) is 5.69 Å². The van der Waals surface area contributed by atoms with Gasteiger partial charge in [-0.15, -0.1) is 0 Å². The van der Waals surface area contributed by atoms with Crippen molar-refractivity contribution in [2.45, 2.75) is 26.3 Å². The van der Waals surface area contributed by atoms with Crippen molar-refractivity contribution in [3.05, 3.63) is 32.8 Å². The maximum Gasteiger partial charge on any atom is 0.312 e. The molecule has 1 rings (SSSR count). The van der Waals surface area contributed by atoms with Crippen LogP contribution in [0.5, 0.6) is 5.75 Å². The molecule has 1 aromatic carbocycles. The van der Waals surface area contributed by atoms with E-state index < -0.39 is 4.92 Å². The van der Waals surface area contributed by atoms with E-state index in [4.69, 9.17) is 4.74 Å². The van der Waals surface area contributed by atoms with Crippen molar-refractivity contribution in [1.82, 2.24) is 5.32 Å². The fourth-order valence-corrected chi connectivity index (χ4v) is 1.89. The van der Waals surface area contributed by atoms with Gasteiger partial charge in [0.05, 0.1) is 16.0 Å². The lowest BCUT2D eigenvalue weighted by Gasteiger charge is -2.10. The first-order chi connectivity index (χ1) is 8.52. The molecule has 0 fully saturated rings. The fourth-order valence-electron chi connectivity index (χ4n) is 1.42. The maximum atomic E-state index is 10.8. The molecule has 0 amide bonds. The van der Waals surface area contributed by atoms with Gasteiger partial charge in [0.15, 0.2) is 0 Å². The van der Waals surface area contributed by atoms with Crippen molar-refractivity contribution in [2.75, 3.05) is 13.2 Å². The Morgan fingerprint density at radius 3 is 2.83 bits per heavy atom. The van der Waals surface area contributed by atoms with Crippen molar-refractivity contribution < 1.29 is 9.66 Å². The average Bonchev–Trinajstić information content (AvgIpc) is 2.29. The van der Waals surface area contributed by atoms with E-state index in [1.54, 1.807) is 12.1 Å². The van der Waals surface area contributed by atoms with Crippen LogP contribution in [0.3, 0.4) is 0 Å². The molecule has 0 atom stereocenters. The van der Waals surface area contributed by atoms with E-state index in [0.29, 0.717) is 22.9 Å². The Kier molecular flexibility index (Phi) is 6.07. The number of para-hydroxylation sites is 1. The number of halogens is 1. The predicted octanol–water partition coefficient (Wildman–Crippen LogP) is 3.12. The Labute approximate surface area is 115 Å².